The zero-order valence-corrected chi connectivity index (χ0v) is 17.4. The average molecular weight is 400 g/mol. The molecule has 0 bridgehead atoms. The molecule has 0 saturated heterocycles. The summed E-state index contributed by atoms with van der Waals surface area (Å²) in [6.07, 6.45) is 1.00. The lowest BCUT2D eigenvalue weighted by Gasteiger charge is -2.15. The Balaban J connectivity index is 1.83. The highest BCUT2D eigenvalue weighted by Gasteiger charge is 2.19. The second-order valence-electron chi connectivity index (χ2n) is 6.59. The molecule has 0 aliphatic rings. The summed E-state index contributed by atoms with van der Waals surface area (Å²) in [5.41, 5.74) is 3.20. The lowest BCUT2D eigenvalue weighted by molar-refractivity contribution is -0.153. The SMILES string of the molecule is CSc1ccc(C(=O)CCC(=O)O[C@H](C)C(=O)Nc2cc(C)ccc2C)cc1. The van der Waals surface area contributed by atoms with E-state index in [-0.39, 0.29) is 18.6 Å². The van der Waals surface area contributed by atoms with Gasteiger partial charge in [0, 0.05) is 22.6 Å². The number of ketones is 1. The molecule has 0 heterocycles. The monoisotopic (exact) mass is 399 g/mol. The van der Waals surface area contributed by atoms with Gasteiger partial charge in [-0.2, -0.15) is 0 Å². The molecule has 0 aromatic heterocycles. The van der Waals surface area contributed by atoms with E-state index in [1.165, 1.54) is 6.92 Å². The Kier molecular flexibility index (Phi) is 7.81. The second kappa shape index (κ2) is 10.1. The molecule has 6 heteroatoms. The van der Waals surface area contributed by atoms with Gasteiger partial charge in [-0.1, -0.05) is 24.3 Å². The quantitative estimate of drug-likeness (QED) is 0.400. The molecule has 1 N–H and O–H groups in total. The smallest absolute Gasteiger partial charge is 0.307 e. The highest BCUT2D eigenvalue weighted by Crippen LogP contribution is 2.18. The van der Waals surface area contributed by atoms with Crippen molar-refractivity contribution in [1.29, 1.82) is 0 Å². The molecule has 0 saturated carbocycles. The number of amides is 1. The zero-order valence-electron chi connectivity index (χ0n) is 16.6. The van der Waals surface area contributed by atoms with Crippen LogP contribution in [0.2, 0.25) is 0 Å². The van der Waals surface area contributed by atoms with E-state index in [0.29, 0.717) is 11.3 Å². The molecular formula is C22H25NO4S. The summed E-state index contributed by atoms with van der Waals surface area (Å²) in [6.45, 7) is 5.34. The molecule has 0 aliphatic carbocycles. The summed E-state index contributed by atoms with van der Waals surface area (Å²) >= 11 is 1.60. The largest absolute Gasteiger partial charge is 0.453 e. The predicted molar refractivity (Wildman–Crippen MR) is 112 cm³/mol. The number of carbonyl (C=O) groups excluding carboxylic acids is 3. The second-order valence-corrected chi connectivity index (χ2v) is 7.47. The number of ether oxygens (including phenoxy) is 1. The number of aryl methyl sites for hydroxylation is 2. The Morgan fingerprint density at radius 2 is 1.71 bits per heavy atom. The number of Topliss-reactive ketones (excluding diaryl/α,β-unsaturated/α-hetero) is 1. The molecule has 0 aliphatic heterocycles. The number of hydrogen-bond donors (Lipinski definition) is 1. The molecule has 148 valence electrons. The number of anilines is 1. The minimum absolute atomic E-state index is 0.0444. The summed E-state index contributed by atoms with van der Waals surface area (Å²) in [4.78, 5) is 37.5. The standard InChI is InChI=1S/C22H25NO4S/c1-14-5-6-15(2)19(13-14)23-22(26)16(3)27-21(25)12-11-20(24)17-7-9-18(28-4)10-8-17/h5-10,13,16H,11-12H2,1-4H3,(H,23,26)/t16-/m1/s1. The maximum Gasteiger partial charge on any atom is 0.307 e. The fraction of sp³-hybridized carbons (Fsp3) is 0.318. The van der Waals surface area contributed by atoms with Gasteiger partial charge in [-0.05, 0) is 56.4 Å². The third kappa shape index (κ3) is 6.23. The maximum atomic E-state index is 12.3. The lowest BCUT2D eigenvalue weighted by atomic mass is 10.1. The molecule has 0 spiro atoms. The van der Waals surface area contributed by atoms with Crippen molar-refractivity contribution in [1.82, 2.24) is 0 Å². The average Bonchev–Trinajstić information content (AvgIpc) is 2.68. The molecule has 2 aromatic carbocycles. The minimum atomic E-state index is -0.941. The Morgan fingerprint density at radius 3 is 2.36 bits per heavy atom. The first-order valence-corrected chi connectivity index (χ1v) is 10.3. The van der Waals surface area contributed by atoms with Crippen LogP contribution in [-0.2, 0) is 14.3 Å². The van der Waals surface area contributed by atoms with E-state index in [0.717, 1.165) is 16.0 Å². The van der Waals surface area contributed by atoms with E-state index in [2.05, 4.69) is 5.32 Å². The van der Waals surface area contributed by atoms with Crippen LogP contribution in [0.3, 0.4) is 0 Å². The van der Waals surface area contributed by atoms with Gasteiger partial charge in [-0.25, -0.2) is 0 Å². The number of thioether (sulfide) groups is 1. The highest BCUT2D eigenvalue weighted by molar-refractivity contribution is 7.98. The molecule has 0 fully saturated rings. The molecule has 5 nitrogen and oxygen atoms in total. The fourth-order valence-corrected chi connectivity index (χ4v) is 2.96. The molecule has 28 heavy (non-hydrogen) atoms. The number of rotatable bonds is 8. The van der Waals surface area contributed by atoms with Gasteiger partial charge in [-0.3, -0.25) is 14.4 Å². The maximum absolute atomic E-state index is 12.3. The van der Waals surface area contributed by atoms with Crippen molar-refractivity contribution >= 4 is 35.1 Å². The molecule has 0 unspecified atom stereocenters. The molecule has 2 rings (SSSR count). The van der Waals surface area contributed by atoms with Gasteiger partial charge in [0.25, 0.3) is 5.91 Å². The van der Waals surface area contributed by atoms with Gasteiger partial charge in [0.05, 0.1) is 6.42 Å². The Morgan fingerprint density at radius 1 is 1.04 bits per heavy atom. The van der Waals surface area contributed by atoms with Crippen LogP contribution < -0.4 is 5.32 Å². The molecule has 0 radical (unpaired) electrons. The van der Waals surface area contributed by atoms with Crippen LogP contribution in [0.4, 0.5) is 5.69 Å². The number of nitrogens with one attached hydrogen (secondary N) is 1. The van der Waals surface area contributed by atoms with Gasteiger partial charge in [0.2, 0.25) is 0 Å². The summed E-state index contributed by atoms with van der Waals surface area (Å²) in [5, 5.41) is 2.77. The first-order chi connectivity index (χ1) is 13.3. The Hall–Kier alpha value is -2.60. The van der Waals surface area contributed by atoms with Gasteiger partial charge in [0.15, 0.2) is 11.9 Å². The van der Waals surface area contributed by atoms with Gasteiger partial charge in [-0.15, -0.1) is 11.8 Å². The zero-order chi connectivity index (χ0) is 20.7. The third-order valence-corrected chi connectivity index (χ3v) is 5.04. The van der Waals surface area contributed by atoms with Crippen LogP contribution in [-0.4, -0.2) is 30.0 Å². The highest BCUT2D eigenvalue weighted by atomic mass is 32.2. The van der Waals surface area contributed by atoms with Gasteiger partial charge < -0.3 is 10.1 Å². The number of carbonyl (C=O) groups is 3. The first kappa shape index (κ1) is 21.7. The Bertz CT molecular complexity index is 861. The minimum Gasteiger partial charge on any atom is -0.453 e. The topological polar surface area (TPSA) is 72.5 Å². The van der Waals surface area contributed by atoms with Crippen LogP contribution in [0, 0.1) is 13.8 Å². The van der Waals surface area contributed by atoms with Crippen LogP contribution in [0.15, 0.2) is 47.4 Å². The van der Waals surface area contributed by atoms with Crippen molar-refractivity contribution in [2.75, 3.05) is 11.6 Å². The van der Waals surface area contributed by atoms with Crippen molar-refractivity contribution in [2.45, 2.75) is 44.6 Å². The van der Waals surface area contributed by atoms with Crippen molar-refractivity contribution in [2.24, 2.45) is 0 Å². The molecule has 2 aromatic rings. The predicted octanol–water partition coefficient (Wildman–Crippen LogP) is 4.56. The van der Waals surface area contributed by atoms with E-state index < -0.39 is 18.0 Å². The van der Waals surface area contributed by atoms with Gasteiger partial charge in [0.1, 0.15) is 0 Å². The van der Waals surface area contributed by atoms with Crippen molar-refractivity contribution in [3.63, 3.8) is 0 Å². The number of esters is 1. The molecular weight excluding hydrogens is 374 g/mol. The summed E-state index contributed by atoms with van der Waals surface area (Å²) in [7, 11) is 0. The van der Waals surface area contributed by atoms with Crippen LogP contribution in [0.25, 0.3) is 0 Å². The van der Waals surface area contributed by atoms with E-state index in [9.17, 15) is 14.4 Å². The van der Waals surface area contributed by atoms with Crippen molar-refractivity contribution < 1.29 is 19.1 Å². The van der Waals surface area contributed by atoms with Crippen molar-refractivity contribution in [3.05, 3.63) is 59.2 Å². The number of hydrogen-bond acceptors (Lipinski definition) is 5. The van der Waals surface area contributed by atoms with E-state index in [1.807, 2.05) is 50.4 Å². The summed E-state index contributed by atoms with van der Waals surface area (Å²) < 4.78 is 5.17. The van der Waals surface area contributed by atoms with E-state index in [4.69, 9.17) is 4.74 Å². The Labute approximate surface area is 169 Å². The number of benzene rings is 2. The lowest BCUT2D eigenvalue weighted by Crippen LogP contribution is -2.30. The van der Waals surface area contributed by atoms with Crippen LogP contribution in [0.1, 0.15) is 41.3 Å². The van der Waals surface area contributed by atoms with Gasteiger partial charge >= 0.3 is 5.97 Å². The summed E-state index contributed by atoms with van der Waals surface area (Å²) in [5.74, 6) is -1.10. The third-order valence-electron chi connectivity index (χ3n) is 4.30. The van der Waals surface area contributed by atoms with Crippen molar-refractivity contribution in [3.8, 4) is 0 Å². The molecule has 1 amide bonds. The normalized spacial score (nSPS) is 11.6. The van der Waals surface area contributed by atoms with E-state index in [1.54, 1.807) is 23.9 Å². The summed E-state index contributed by atoms with van der Waals surface area (Å²) in [6, 6.07) is 13.0. The molecule has 1 atom stereocenters. The van der Waals surface area contributed by atoms with Crippen LogP contribution >= 0.6 is 11.8 Å². The van der Waals surface area contributed by atoms with E-state index >= 15 is 0 Å². The first-order valence-electron chi connectivity index (χ1n) is 9.05. The van der Waals surface area contributed by atoms with Crippen LogP contribution in [0.5, 0.6) is 0 Å². The fourth-order valence-electron chi connectivity index (χ4n) is 2.55.